The summed E-state index contributed by atoms with van der Waals surface area (Å²) >= 11 is 0. The van der Waals surface area contributed by atoms with E-state index in [-0.39, 0.29) is 19.8 Å². The smallest absolute Gasteiger partial charge is 0.407 e. The van der Waals surface area contributed by atoms with Gasteiger partial charge in [0.25, 0.3) is 0 Å². The number of benzene rings is 1. The van der Waals surface area contributed by atoms with E-state index >= 15 is 0 Å². The fourth-order valence-electron chi connectivity index (χ4n) is 1.67. The minimum absolute atomic E-state index is 0.0659. The third-order valence-electron chi connectivity index (χ3n) is 2.70. The van der Waals surface area contributed by atoms with Crippen molar-refractivity contribution < 1.29 is 23.8 Å². The van der Waals surface area contributed by atoms with Gasteiger partial charge in [-0.15, -0.1) is 0 Å². The highest BCUT2D eigenvalue weighted by Gasteiger charge is 2.15. The summed E-state index contributed by atoms with van der Waals surface area (Å²) in [5.74, 6) is 0.145. The molecular weight excluding hydrogens is 298 g/mol. The molecule has 0 atom stereocenters. The summed E-state index contributed by atoms with van der Waals surface area (Å²) in [5.41, 5.74) is 0.583. The molecule has 1 amide bonds. The fourth-order valence-corrected chi connectivity index (χ4v) is 1.67. The van der Waals surface area contributed by atoms with Gasteiger partial charge in [0.1, 0.15) is 18.0 Å². The summed E-state index contributed by atoms with van der Waals surface area (Å²) in [6.07, 6.45) is 0.360. The summed E-state index contributed by atoms with van der Waals surface area (Å²) in [7, 11) is 0. The molecule has 0 fully saturated rings. The molecule has 0 aromatic heterocycles. The molecule has 0 saturated heterocycles. The molecule has 6 nitrogen and oxygen atoms in total. The summed E-state index contributed by atoms with van der Waals surface area (Å²) in [4.78, 5) is 22.9. The first-order chi connectivity index (χ1) is 10.8. The number of carbonyl (C=O) groups is 2. The van der Waals surface area contributed by atoms with Crippen LogP contribution in [0.4, 0.5) is 4.79 Å². The second kappa shape index (κ2) is 9.02. The molecule has 0 radical (unpaired) electrons. The predicted molar refractivity (Wildman–Crippen MR) is 86.5 cm³/mol. The molecule has 0 aliphatic carbocycles. The number of esters is 1. The van der Waals surface area contributed by atoms with Gasteiger partial charge >= 0.3 is 12.1 Å². The lowest BCUT2D eigenvalue weighted by Gasteiger charge is -2.19. The first-order valence-corrected chi connectivity index (χ1v) is 7.64. The van der Waals surface area contributed by atoms with E-state index in [2.05, 4.69) is 5.32 Å². The van der Waals surface area contributed by atoms with Crippen LogP contribution >= 0.6 is 0 Å². The van der Waals surface area contributed by atoms with Gasteiger partial charge < -0.3 is 19.5 Å². The number of alkyl carbamates (subject to hydrolysis) is 1. The lowest BCUT2D eigenvalue weighted by atomic mass is 10.2. The molecule has 128 valence electrons. The summed E-state index contributed by atoms with van der Waals surface area (Å²) in [6.45, 7) is 7.46. The summed E-state index contributed by atoms with van der Waals surface area (Å²) < 4.78 is 15.4. The fraction of sp³-hybridized carbons (Fsp3) is 0.529. The van der Waals surface area contributed by atoms with Crippen molar-refractivity contribution in [3.63, 3.8) is 0 Å². The number of amides is 1. The van der Waals surface area contributed by atoms with E-state index in [4.69, 9.17) is 14.2 Å². The van der Waals surface area contributed by atoms with Crippen molar-refractivity contribution >= 4 is 12.1 Å². The highest BCUT2D eigenvalue weighted by Crippen LogP contribution is 2.13. The lowest BCUT2D eigenvalue weighted by Crippen LogP contribution is -2.34. The van der Waals surface area contributed by atoms with Crippen LogP contribution in [0.5, 0.6) is 5.75 Å². The van der Waals surface area contributed by atoms with Crippen LogP contribution < -0.4 is 10.1 Å². The zero-order valence-electron chi connectivity index (χ0n) is 14.2. The Morgan fingerprint density at radius 2 is 1.96 bits per heavy atom. The standard InChI is InChI=1S/C17H25NO5/c1-5-13-7-6-8-14(11-13)22-12-15(19)21-10-9-18-16(20)23-17(2,3)4/h6-8,11H,5,9-10,12H2,1-4H3,(H,18,20). The predicted octanol–water partition coefficient (Wildman–Crippen LogP) is 2.70. The summed E-state index contributed by atoms with van der Waals surface area (Å²) in [6, 6.07) is 7.55. The normalized spacial score (nSPS) is 10.8. The molecule has 6 heteroatoms. The topological polar surface area (TPSA) is 73.9 Å². The highest BCUT2D eigenvalue weighted by molar-refractivity contribution is 5.71. The highest BCUT2D eigenvalue weighted by atomic mass is 16.6. The van der Waals surface area contributed by atoms with Crippen LogP contribution in [0.2, 0.25) is 0 Å². The van der Waals surface area contributed by atoms with Gasteiger partial charge in [-0.3, -0.25) is 0 Å². The molecule has 0 bridgehead atoms. The van der Waals surface area contributed by atoms with Gasteiger partial charge in [-0.2, -0.15) is 0 Å². The first-order valence-electron chi connectivity index (χ1n) is 7.64. The molecular formula is C17H25NO5. The number of carbonyl (C=O) groups excluding carboxylic acids is 2. The van der Waals surface area contributed by atoms with E-state index in [1.165, 1.54) is 0 Å². The molecule has 0 heterocycles. The van der Waals surface area contributed by atoms with Crippen molar-refractivity contribution in [3.05, 3.63) is 29.8 Å². The lowest BCUT2D eigenvalue weighted by molar-refractivity contribution is -0.145. The minimum atomic E-state index is -0.554. The molecule has 0 spiro atoms. The quantitative estimate of drug-likeness (QED) is 0.617. The van der Waals surface area contributed by atoms with Crippen LogP contribution in [0.15, 0.2) is 24.3 Å². The van der Waals surface area contributed by atoms with Gasteiger partial charge in [0.05, 0.1) is 6.54 Å². The summed E-state index contributed by atoms with van der Waals surface area (Å²) in [5, 5.41) is 2.50. The van der Waals surface area contributed by atoms with Crippen molar-refractivity contribution in [2.24, 2.45) is 0 Å². The molecule has 1 rings (SSSR count). The Kier molecular flexibility index (Phi) is 7.38. The monoisotopic (exact) mass is 323 g/mol. The van der Waals surface area contributed by atoms with Crippen molar-refractivity contribution in [1.29, 1.82) is 0 Å². The van der Waals surface area contributed by atoms with Crippen LogP contribution in [0.3, 0.4) is 0 Å². The molecule has 1 aromatic carbocycles. The number of rotatable bonds is 7. The van der Waals surface area contributed by atoms with E-state index < -0.39 is 17.7 Å². The average Bonchev–Trinajstić information content (AvgIpc) is 2.48. The van der Waals surface area contributed by atoms with Gasteiger partial charge in [-0.05, 0) is 44.9 Å². The van der Waals surface area contributed by atoms with Crippen LogP contribution in [-0.2, 0) is 20.7 Å². The van der Waals surface area contributed by atoms with Gasteiger partial charge in [0.15, 0.2) is 6.61 Å². The van der Waals surface area contributed by atoms with Gasteiger partial charge in [0, 0.05) is 0 Å². The van der Waals surface area contributed by atoms with Crippen molar-refractivity contribution in [3.8, 4) is 5.75 Å². The molecule has 23 heavy (non-hydrogen) atoms. The largest absolute Gasteiger partial charge is 0.482 e. The Morgan fingerprint density at radius 1 is 1.22 bits per heavy atom. The van der Waals surface area contributed by atoms with Gasteiger partial charge in [-0.1, -0.05) is 19.1 Å². The van der Waals surface area contributed by atoms with E-state index in [0.29, 0.717) is 5.75 Å². The van der Waals surface area contributed by atoms with Crippen LogP contribution in [0, 0.1) is 0 Å². The Labute approximate surface area is 137 Å². The molecule has 0 unspecified atom stereocenters. The first kappa shape index (κ1) is 18.8. The molecule has 1 N–H and O–H groups in total. The van der Waals surface area contributed by atoms with E-state index in [9.17, 15) is 9.59 Å². The van der Waals surface area contributed by atoms with Crippen LogP contribution in [0.25, 0.3) is 0 Å². The number of nitrogens with one attached hydrogen (secondary N) is 1. The number of hydrogen-bond donors (Lipinski definition) is 1. The molecule has 1 aromatic rings. The van der Waals surface area contributed by atoms with Gasteiger partial charge in [-0.25, -0.2) is 9.59 Å². The van der Waals surface area contributed by atoms with Crippen molar-refractivity contribution in [2.45, 2.75) is 39.7 Å². The minimum Gasteiger partial charge on any atom is -0.482 e. The second-order valence-electron chi connectivity index (χ2n) is 5.94. The zero-order valence-corrected chi connectivity index (χ0v) is 14.2. The SMILES string of the molecule is CCc1cccc(OCC(=O)OCCNC(=O)OC(C)(C)C)c1. The Balaban J connectivity index is 2.18. The third-order valence-corrected chi connectivity index (χ3v) is 2.70. The maximum absolute atomic E-state index is 11.6. The number of hydrogen-bond acceptors (Lipinski definition) is 5. The van der Waals surface area contributed by atoms with E-state index in [1.807, 2.05) is 25.1 Å². The molecule has 0 saturated carbocycles. The Morgan fingerprint density at radius 3 is 2.61 bits per heavy atom. The van der Waals surface area contributed by atoms with Gasteiger partial charge in [0.2, 0.25) is 0 Å². The van der Waals surface area contributed by atoms with Crippen molar-refractivity contribution in [2.75, 3.05) is 19.8 Å². The average molecular weight is 323 g/mol. The number of aryl methyl sites for hydroxylation is 1. The van der Waals surface area contributed by atoms with Crippen LogP contribution in [-0.4, -0.2) is 37.4 Å². The van der Waals surface area contributed by atoms with E-state index in [0.717, 1.165) is 12.0 Å². The van der Waals surface area contributed by atoms with E-state index in [1.54, 1.807) is 26.8 Å². The third kappa shape index (κ3) is 8.70. The zero-order chi connectivity index (χ0) is 17.3. The second-order valence-corrected chi connectivity index (χ2v) is 5.94. The Hall–Kier alpha value is -2.24. The van der Waals surface area contributed by atoms with Crippen LogP contribution in [0.1, 0.15) is 33.3 Å². The number of ether oxygens (including phenoxy) is 3. The maximum Gasteiger partial charge on any atom is 0.407 e. The molecule has 0 aliphatic rings. The van der Waals surface area contributed by atoms with Crippen molar-refractivity contribution in [1.82, 2.24) is 5.32 Å². The maximum atomic E-state index is 11.6. The Bertz CT molecular complexity index is 522. The molecule has 0 aliphatic heterocycles.